The Labute approximate surface area is 175 Å². The lowest BCUT2D eigenvalue weighted by Gasteiger charge is -1.98. The van der Waals surface area contributed by atoms with Crippen molar-refractivity contribution in [3.63, 3.8) is 0 Å². The molecule has 1 aromatic heterocycles. The molecule has 29 heavy (non-hydrogen) atoms. The number of fused-ring (bicyclic) bond motifs is 1. The lowest BCUT2D eigenvalue weighted by atomic mass is 10.1. The second-order valence-corrected chi connectivity index (χ2v) is 7.58. The highest BCUT2D eigenvalue weighted by Crippen LogP contribution is 2.30. The first-order valence-corrected chi connectivity index (χ1v) is 10.3. The number of para-hydroxylation sites is 1. The number of hydrogen-bond acceptors (Lipinski definition) is 2. The Morgan fingerprint density at radius 1 is 0.586 bits per heavy atom. The van der Waals surface area contributed by atoms with E-state index >= 15 is 0 Å². The lowest BCUT2D eigenvalue weighted by molar-refractivity contribution is 1.47. The average molecular weight is 392 g/mol. The van der Waals surface area contributed by atoms with Gasteiger partial charge in [0.25, 0.3) is 0 Å². The Balaban J connectivity index is 0.000000150. The van der Waals surface area contributed by atoms with E-state index in [4.69, 9.17) is 0 Å². The highest BCUT2D eigenvalue weighted by molar-refractivity contribution is 7.21. The topological polar surface area (TPSA) is 12.9 Å². The van der Waals surface area contributed by atoms with Gasteiger partial charge in [-0.05, 0) is 28.8 Å². The predicted molar refractivity (Wildman–Crippen MR) is 127 cm³/mol. The van der Waals surface area contributed by atoms with Crippen molar-refractivity contribution in [2.75, 3.05) is 0 Å². The third kappa shape index (κ3) is 4.68. The first kappa shape index (κ1) is 18.9. The zero-order valence-electron chi connectivity index (χ0n) is 16.0. The van der Waals surface area contributed by atoms with Crippen molar-refractivity contribution in [3.8, 4) is 21.7 Å². The quantitative estimate of drug-likeness (QED) is 0.304. The zero-order chi connectivity index (χ0) is 19.9. The third-order valence-electron chi connectivity index (χ3n) is 4.57. The van der Waals surface area contributed by atoms with Gasteiger partial charge in [0, 0.05) is 5.56 Å². The maximum atomic E-state index is 4.63. The predicted octanol–water partition coefficient (Wildman–Crippen LogP) is 7.96. The van der Waals surface area contributed by atoms with E-state index in [1.54, 1.807) is 11.3 Å². The summed E-state index contributed by atoms with van der Waals surface area (Å²) in [6, 6.07) is 37.3. The fraction of sp³-hybridized carbons (Fsp3) is 0. The molecule has 0 aliphatic rings. The summed E-state index contributed by atoms with van der Waals surface area (Å²) in [7, 11) is 0. The Kier molecular flexibility index (Phi) is 5.94. The molecule has 0 atom stereocenters. The van der Waals surface area contributed by atoms with Crippen LogP contribution in [-0.4, -0.2) is 4.98 Å². The van der Waals surface area contributed by atoms with Crippen molar-refractivity contribution >= 4 is 27.6 Å². The number of thiazole rings is 1. The van der Waals surface area contributed by atoms with Gasteiger partial charge in [0.2, 0.25) is 0 Å². The highest BCUT2D eigenvalue weighted by atomic mass is 32.1. The average Bonchev–Trinajstić information content (AvgIpc) is 3.25. The molecule has 5 aromatic rings. The van der Waals surface area contributed by atoms with Gasteiger partial charge in [-0.25, -0.2) is 4.98 Å². The van der Waals surface area contributed by atoms with Crippen LogP contribution in [0.3, 0.4) is 0 Å². The molecule has 5 rings (SSSR count). The number of hydrogen-bond donors (Lipinski definition) is 0. The van der Waals surface area contributed by atoms with Crippen molar-refractivity contribution in [1.29, 1.82) is 0 Å². The van der Waals surface area contributed by atoms with Gasteiger partial charge in [-0.2, -0.15) is 0 Å². The minimum Gasteiger partial charge on any atom is -0.236 e. The van der Waals surface area contributed by atoms with E-state index in [1.165, 1.54) is 15.8 Å². The summed E-state index contributed by atoms with van der Waals surface area (Å²) in [5.74, 6) is 0. The van der Waals surface area contributed by atoms with E-state index in [9.17, 15) is 0 Å². The summed E-state index contributed by atoms with van der Waals surface area (Å²) in [4.78, 5) is 4.63. The summed E-state index contributed by atoms with van der Waals surface area (Å²) in [5, 5.41) is 1.07. The van der Waals surface area contributed by atoms with Crippen LogP contribution in [0.15, 0.2) is 116 Å². The number of nitrogens with zero attached hydrogens (tertiary/aromatic N) is 1. The van der Waals surface area contributed by atoms with Crippen LogP contribution in [0.5, 0.6) is 0 Å². The summed E-state index contributed by atoms with van der Waals surface area (Å²) >= 11 is 1.73. The van der Waals surface area contributed by atoms with Crippen molar-refractivity contribution in [3.05, 3.63) is 121 Å². The van der Waals surface area contributed by atoms with Gasteiger partial charge < -0.3 is 0 Å². The van der Waals surface area contributed by atoms with Crippen LogP contribution in [0.2, 0.25) is 0 Å². The van der Waals surface area contributed by atoms with Gasteiger partial charge in [-0.3, -0.25) is 0 Å². The molecule has 0 N–H and O–H groups in total. The summed E-state index contributed by atoms with van der Waals surface area (Å²) in [6.45, 7) is 3.76. The molecule has 0 fully saturated rings. The third-order valence-corrected chi connectivity index (χ3v) is 5.65. The number of benzene rings is 4. The van der Waals surface area contributed by atoms with Gasteiger partial charge in [-0.15, -0.1) is 11.3 Å². The maximum absolute atomic E-state index is 4.63. The Morgan fingerprint density at radius 3 is 1.69 bits per heavy atom. The van der Waals surface area contributed by atoms with Gasteiger partial charge in [0.05, 0.1) is 10.2 Å². The molecule has 0 amide bonds. The van der Waals surface area contributed by atoms with Gasteiger partial charge in [0.1, 0.15) is 5.01 Å². The molecule has 0 bridgehead atoms. The lowest BCUT2D eigenvalue weighted by Crippen LogP contribution is -1.76. The normalized spacial score (nSPS) is 10.2. The molecule has 140 valence electrons. The van der Waals surface area contributed by atoms with E-state index in [1.807, 2.05) is 36.4 Å². The fourth-order valence-corrected chi connectivity index (χ4v) is 3.99. The van der Waals surface area contributed by atoms with E-state index in [0.717, 1.165) is 21.7 Å². The fourth-order valence-electron chi connectivity index (χ4n) is 3.02. The molecular formula is C27H21NS. The monoisotopic (exact) mass is 391 g/mol. The molecule has 0 saturated carbocycles. The molecule has 0 unspecified atom stereocenters. The van der Waals surface area contributed by atoms with E-state index in [-0.39, 0.29) is 0 Å². The molecule has 2 heteroatoms. The highest BCUT2D eigenvalue weighted by Gasteiger charge is 2.04. The molecule has 0 radical (unpaired) electrons. The van der Waals surface area contributed by atoms with E-state index in [0.29, 0.717) is 0 Å². The van der Waals surface area contributed by atoms with Crippen molar-refractivity contribution < 1.29 is 0 Å². The molecule has 0 spiro atoms. The smallest absolute Gasteiger partial charge is 0.124 e. The molecule has 0 aliphatic heterocycles. The molecule has 4 aromatic carbocycles. The molecule has 1 heterocycles. The summed E-state index contributed by atoms with van der Waals surface area (Å²) in [5.41, 5.74) is 5.92. The minimum absolute atomic E-state index is 1.07. The maximum Gasteiger partial charge on any atom is 0.124 e. The largest absolute Gasteiger partial charge is 0.236 e. The second-order valence-electron chi connectivity index (χ2n) is 6.54. The molecule has 0 aliphatic carbocycles. The zero-order valence-corrected chi connectivity index (χ0v) is 16.8. The van der Waals surface area contributed by atoms with E-state index < -0.39 is 0 Å². The molecular weight excluding hydrogens is 370 g/mol. The van der Waals surface area contributed by atoms with Crippen LogP contribution >= 0.6 is 11.3 Å². The first-order valence-electron chi connectivity index (χ1n) is 9.52. The Bertz CT molecular complexity index is 1120. The second kappa shape index (κ2) is 9.13. The first-order chi connectivity index (χ1) is 14.3. The minimum atomic E-state index is 1.07. The van der Waals surface area contributed by atoms with Crippen LogP contribution in [-0.2, 0) is 0 Å². The van der Waals surface area contributed by atoms with Gasteiger partial charge in [0.15, 0.2) is 0 Å². The van der Waals surface area contributed by atoms with Crippen LogP contribution in [0, 0.1) is 0 Å². The summed E-state index contributed by atoms with van der Waals surface area (Å²) in [6.07, 6.45) is 1.85. The van der Waals surface area contributed by atoms with Crippen LogP contribution < -0.4 is 0 Å². The van der Waals surface area contributed by atoms with Crippen molar-refractivity contribution in [2.45, 2.75) is 0 Å². The molecule has 1 nitrogen and oxygen atoms in total. The Hall–Kier alpha value is -3.49. The van der Waals surface area contributed by atoms with Crippen LogP contribution in [0.1, 0.15) is 5.56 Å². The van der Waals surface area contributed by atoms with Gasteiger partial charge in [-0.1, -0.05) is 110 Å². The standard InChI is InChI=1S/C15H11NS.C12H10/c1-2-11-7-9-12(10-8-11)15-16-13-5-3-4-6-14(13)17-15;1-3-7-11(8-4-1)12-9-5-2-6-10-12/h2-10H,1H2;1-10H. The van der Waals surface area contributed by atoms with Crippen LogP contribution in [0.4, 0.5) is 0 Å². The number of rotatable bonds is 3. The SMILES string of the molecule is C=Cc1ccc(-c2nc3ccccc3s2)cc1.c1ccc(-c2ccccc2)cc1. The van der Waals surface area contributed by atoms with E-state index in [2.05, 4.69) is 90.4 Å². The molecule has 0 saturated heterocycles. The Morgan fingerprint density at radius 2 is 1.14 bits per heavy atom. The number of aromatic nitrogens is 1. The van der Waals surface area contributed by atoms with Crippen molar-refractivity contribution in [2.24, 2.45) is 0 Å². The summed E-state index contributed by atoms with van der Waals surface area (Å²) < 4.78 is 1.23. The van der Waals surface area contributed by atoms with Gasteiger partial charge >= 0.3 is 0 Å². The van der Waals surface area contributed by atoms with Crippen LogP contribution in [0.25, 0.3) is 38.0 Å². The van der Waals surface area contributed by atoms with Crippen molar-refractivity contribution in [1.82, 2.24) is 4.98 Å².